The van der Waals surface area contributed by atoms with Crippen molar-refractivity contribution in [3.05, 3.63) is 12.2 Å². The fourth-order valence-electron chi connectivity index (χ4n) is 2.53. The van der Waals surface area contributed by atoms with E-state index in [1.807, 2.05) is 6.92 Å². The van der Waals surface area contributed by atoms with Gasteiger partial charge in [0, 0.05) is 25.3 Å². The number of carbonyl (C=O) groups is 2. The first-order valence-corrected chi connectivity index (χ1v) is 8.08. The summed E-state index contributed by atoms with van der Waals surface area (Å²) in [6.45, 7) is 2.65. The molecular weight excluding hydrogens is 260 g/mol. The first-order chi connectivity index (χ1) is 9.15. The fourth-order valence-corrected chi connectivity index (χ4v) is 3.68. The monoisotopic (exact) mass is 282 g/mol. The summed E-state index contributed by atoms with van der Waals surface area (Å²) < 4.78 is 0. The molecule has 0 aromatic heterocycles. The van der Waals surface area contributed by atoms with E-state index in [9.17, 15) is 9.59 Å². The van der Waals surface area contributed by atoms with Gasteiger partial charge in [-0.05, 0) is 26.2 Å². The van der Waals surface area contributed by atoms with Crippen LogP contribution in [0.1, 0.15) is 26.2 Å². The van der Waals surface area contributed by atoms with Crippen molar-refractivity contribution in [2.75, 3.05) is 25.2 Å². The highest BCUT2D eigenvalue weighted by Gasteiger charge is 2.38. The lowest BCUT2D eigenvalue weighted by atomic mass is 9.93. The minimum absolute atomic E-state index is 0.0749. The molecule has 2 unspecified atom stereocenters. The van der Waals surface area contributed by atoms with Crippen molar-refractivity contribution >= 4 is 23.6 Å². The molecule has 0 aromatic rings. The molecule has 2 atom stereocenters. The van der Waals surface area contributed by atoms with E-state index in [2.05, 4.69) is 12.2 Å². The molecule has 0 aromatic carbocycles. The van der Waals surface area contributed by atoms with E-state index in [4.69, 9.17) is 0 Å². The van der Waals surface area contributed by atoms with Crippen LogP contribution in [0.15, 0.2) is 12.2 Å². The first-order valence-electron chi connectivity index (χ1n) is 6.93. The van der Waals surface area contributed by atoms with Crippen LogP contribution in [0.5, 0.6) is 0 Å². The van der Waals surface area contributed by atoms with Gasteiger partial charge in [-0.15, -0.1) is 11.8 Å². The summed E-state index contributed by atoms with van der Waals surface area (Å²) in [5.41, 5.74) is 0. The second kappa shape index (κ2) is 6.46. The van der Waals surface area contributed by atoms with E-state index in [0.717, 1.165) is 25.0 Å². The second-order valence-corrected chi connectivity index (χ2v) is 6.16. The van der Waals surface area contributed by atoms with Crippen molar-refractivity contribution in [1.82, 2.24) is 9.80 Å². The Kier molecular flexibility index (Phi) is 4.91. The van der Waals surface area contributed by atoms with Crippen LogP contribution < -0.4 is 0 Å². The molecule has 106 valence electrons. The number of hydrogen-bond donors (Lipinski definition) is 0. The van der Waals surface area contributed by atoms with Crippen molar-refractivity contribution in [2.45, 2.75) is 32.2 Å². The number of allylic oxidation sites excluding steroid dienone is 2. The summed E-state index contributed by atoms with van der Waals surface area (Å²) in [5.74, 6) is 1.71. The molecule has 5 heteroatoms. The van der Waals surface area contributed by atoms with Crippen molar-refractivity contribution in [3.8, 4) is 0 Å². The Bertz CT molecular complexity index is 384. The maximum absolute atomic E-state index is 12.5. The average Bonchev–Trinajstić information content (AvgIpc) is 2.95. The van der Waals surface area contributed by atoms with Gasteiger partial charge in [-0.3, -0.25) is 9.59 Å². The fraction of sp³-hybridized carbons (Fsp3) is 0.714. The molecule has 4 nitrogen and oxygen atoms in total. The highest BCUT2D eigenvalue weighted by molar-refractivity contribution is 7.99. The van der Waals surface area contributed by atoms with E-state index in [0.29, 0.717) is 12.4 Å². The van der Waals surface area contributed by atoms with Crippen molar-refractivity contribution in [3.63, 3.8) is 0 Å². The zero-order valence-electron chi connectivity index (χ0n) is 11.7. The van der Waals surface area contributed by atoms with E-state index >= 15 is 0 Å². The van der Waals surface area contributed by atoms with Gasteiger partial charge in [-0.1, -0.05) is 12.2 Å². The van der Waals surface area contributed by atoms with Gasteiger partial charge in [0.25, 0.3) is 0 Å². The summed E-state index contributed by atoms with van der Waals surface area (Å²) in [6.07, 6.45) is 6.94. The standard InChI is InChI=1S/C14H22N2O2S/c1-3-15(2)14(18)12-9-19-10-16(12)13(17)11-7-5-4-6-8-11/h4-5,11-12H,3,6-10H2,1-2H3. The minimum Gasteiger partial charge on any atom is -0.344 e. The van der Waals surface area contributed by atoms with Gasteiger partial charge in [0.15, 0.2) is 0 Å². The number of amides is 2. The van der Waals surface area contributed by atoms with Crippen LogP contribution in [-0.4, -0.2) is 52.9 Å². The summed E-state index contributed by atoms with van der Waals surface area (Å²) >= 11 is 1.68. The number of carbonyl (C=O) groups excluding carboxylic acids is 2. The van der Waals surface area contributed by atoms with Crippen LogP contribution in [0, 0.1) is 5.92 Å². The molecule has 1 fully saturated rings. The molecular formula is C14H22N2O2S. The van der Waals surface area contributed by atoms with Gasteiger partial charge in [0.1, 0.15) is 6.04 Å². The van der Waals surface area contributed by atoms with Crippen molar-refractivity contribution < 1.29 is 9.59 Å². The average molecular weight is 282 g/mol. The molecule has 1 aliphatic carbocycles. The van der Waals surface area contributed by atoms with Gasteiger partial charge in [-0.25, -0.2) is 0 Å². The molecule has 0 spiro atoms. The number of thioether (sulfide) groups is 1. The highest BCUT2D eigenvalue weighted by atomic mass is 32.2. The third-order valence-corrected chi connectivity index (χ3v) is 4.93. The molecule has 19 heavy (non-hydrogen) atoms. The van der Waals surface area contributed by atoms with E-state index in [1.54, 1.807) is 28.6 Å². The predicted octanol–water partition coefficient (Wildman–Crippen LogP) is 1.72. The van der Waals surface area contributed by atoms with Crippen LogP contribution in [0.4, 0.5) is 0 Å². The molecule has 1 saturated heterocycles. The largest absolute Gasteiger partial charge is 0.344 e. The molecule has 0 N–H and O–H groups in total. The van der Waals surface area contributed by atoms with Gasteiger partial charge >= 0.3 is 0 Å². The lowest BCUT2D eigenvalue weighted by molar-refractivity contribution is -0.145. The van der Waals surface area contributed by atoms with Gasteiger partial charge in [-0.2, -0.15) is 0 Å². The number of nitrogens with zero attached hydrogens (tertiary/aromatic N) is 2. The lowest BCUT2D eigenvalue weighted by Gasteiger charge is -2.30. The summed E-state index contributed by atoms with van der Waals surface area (Å²) in [7, 11) is 1.80. The zero-order valence-corrected chi connectivity index (χ0v) is 12.5. The van der Waals surface area contributed by atoms with Crippen LogP contribution >= 0.6 is 11.8 Å². The zero-order chi connectivity index (χ0) is 13.8. The predicted molar refractivity (Wildman–Crippen MR) is 77.8 cm³/mol. The van der Waals surface area contributed by atoms with Crippen LogP contribution in [0.3, 0.4) is 0 Å². The molecule has 2 aliphatic rings. The SMILES string of the molecule is CCN(C)C(=O)C1CSCN1C(=O)C1CC=CCC1. The quantitative estimate of drug-likeness (QED) is 0.740. The van der Waals surface area contributed by atoms with Crippen molar-refractivity contribution in [2.24, 2.45) is 5.92 Å². The Balaban J connectivity index is 2.03. The maximum atomic E-state index is 12.5. The molecule has 2 amide bonds. The molecule has 0 bridgehead atoms. The first kappa shape index (κ1) is 14.4. The lowest BCUT2D eigenvalue weighted by Crippen LogP contribution is -2.49. The highest BCUT2D eigenvalue weighted by Crippen LogP contribution is 2.28. The number of likely N-dealkylation sites (N-methyl/N-ethyl adjacent to an activating group) is 1. The molecule has 1 heterocycles. The normalized spacial score (nSPS) is 26.5. The van der Waals surface area contributed by atoms with Crippen LogP contribution in [-0.2, 0) is 9.59 Å². The Labute approximate surface area is 119 Å². The number of hydrogen-bond acceptors (Lipinski definition) is 3. The summed E-state index contributed by atoms with van der Waals surface area (Å²) in [6, 6.07) is -0.256. The molecule has 2 rings (SSSR count). The second-order valence-electron chi connectivity index (χ2n) is 5.16. The van der Waals surface area contributed by atoms with Crippen LogP contribution in [0.25, 0.3) is 0 Å². The maximum Gasteiger partial charge on any atom is 0.245 e. The van der Waals surface area contributed by atoms with Gasteiger partial charge in [0.05, 0.1) is 5.88 Å². The summed E-state index contributed by atoms with van der Waals surface area (Å²) in [4.78, 5) is 28.3. The molecule has 1 aliphatic heterocycles. The topological polar surface area (TPSA) is 40.6 Å². The van der Waals surface area contributed by atoms with Gasteiger partial charge in [0.2, 0.25) is 11.8 Å². The van der Waals surface area contributed by atoms with Crippen LogP contribution in [0.2, 0.25) is 0 Å². The Morgan fingerprint density at radius 1 is 1.42 bits per heavy atom. The Hall–Kier alpha value is -0.970. The van der Waals surface area contributed by atoms with Crippen molar-refractivity contribution in [1.29, 1.82) is 0 Å². The van der Waals surface area contributed by atoms with E-state index < -0.39 is 0 Å². The third-order valence-electron chi connectivity index (χ3n) is 3.92. The Morgan fingerprint density at radius 3 is 2.84 bits per heavy atom. The van der Waals surface area contributed by atoms with Gasteiger partial charge < -0.3 is 9.80 Å². The molecule has 0 radical (unpaired) electrons. The molecule has 0 saturated carbocycles. The smallest absolute Gasteiger partial charge is 0.245 e. The number of rotatable bonds is 3. The van der Waals surface area contributed by atoms with E-state index in [-0.39, 0.29) is 23.8 Å². The third kappa shape index (κ3) is 3.14. The Morgan fingerprint density at radius 2 is 2.21 bits per heavy atom. The summed E-state index contributed by atoms with van der Waals surface area (Å²) in [5, 5.41) is 0. The van der Waals surface area contributed by atoms with E-state index in [1.165, 1.54) is 0 Å². The minimum atomic E-state index is -0.256.